The molecule has 1 fully saturated rings. The molecule has 6 nitrogen and oxygen atoms in total. The van der Waals surface area contributed by atoms with Gasteiger partial charge in [-0.25, -0.2) is 0 Å². The largest absolute Gasteiger partial charge is 0.339 e. The minimum Gasteiger partial charge on any atom is -0.339 e. The average Bonchev–Trinajstić information content (AvgIpc) is 2.49. The van der Waals surface area contributed by atoms with E-state index in [2.05, 4.69) is 5.32 Å². The second kappa shape index (κ2) is 9.08. The smallest absolute Gasteiger partial charge is 0.239 e. The Morgan fingerprint density at radius 3 is 2.30 bits per heavy atom. The zero-order valence-electron chi connectivity index (χ0n) is 13.0. The van der Waals surface area contributed by atoms with Crippen molar-refractivity contribution in [3.05, 3.63) is 29.3 Å². The number of amides is 2. The number of piperazine rings is 1. The van der Waals surface area contributed by atoms with E-state index in [4.69, 9.17) is 17.3 Å². The highest BCUT2D eigenvalue weighted by Crippen LogP contribution is 2.13. The van der Waals surface area contributed by atoms with E-state index in [-0.39, 0.29) is 24.2 Å². The Balaban J connectivity index is 0.00000264. The first kappa shape index (κ1) is 19.7. The molecule has 1 aromatic carbocycles. The zero-order chi connectivity index (χ0) is 16.1. The molecular formula is C15H22Cl2N4O2. The summed E-state index contributed by atoms with van der Waals surface area (Å²) in [6.45, 7) is 4.55. The van der Waals surface area contributed by atoms with Crippen LogP contribution in [-0.2, 0) is 9.59 Å². The Bertz CT molecular complexity index is 529. The molecule has 1 heterocycles. The van der Waals surface area contributed by atoms with E-state index < -0.39 is 6.04 Å². The first-order chi connectivity index (χ1) is 10.5. The van der Waals surface area contributed by atoms with Gasteiger partial charge in [-0.15, -0.1) is 12.4 Å². The van der Waals surface area contributed by atoms with Crippen molar-refractivity contribution in [2.45, 2.75) is 13.0 Å². The maximum absolute atomic E-state index is 12.0. The van der Waals surface area contributed by atoms with Gasteiger partial charge in [-0.05, 0) is 31.2 Å². The van der Waals surface area contributed by atoms with Gasteiger partial charge in [0.2, 0.25) is 11.8 Å². The van der Waals surface area contributed by atoms with Gasteiger partial charge in [0, 0.05) is 36.9 Å². The normalized spacial score (nSPS) is 16.4. The van der Waals surface area contributed by atoms with E-state index in [0.717, 1.165) is 5.69 Å². The van der Waals surface area contributed by atoms with Crippen molar-refractivity contribution in [2.75, 3.05) is 38.0 Å². The molecule has 1 aliphatic heterocycles. The monoisotopic (exact) mass is 360 g/mol. The van der Waals surface area contributed by atoms with Crippen LogP contribution in [0.5, 0.6) is 0 Å². The van der Waals surface area contributed by atoms with Crippen molar-refractivity contribution in [3.8, 4) is 0 Å². The standard InChI is InChI=1S/C15H21ClN4O2.ClH/c1-11(17)15(22)20-8-6-19(7-9-20)10-14(21)18-13-4-2-12(16)3-5-13;/h2-5,11H,6-10,17H2,1H3,(H,18,21);1H. The number of carbonyl (C=O) groups excluding carboxylic acids is 2. The molecule has 23 heavy (non-hydrogen) atoms. The minimum atomic E-state index is -0.472. The summed E-state index contributed by atoms with van der Waals surface area (Å²) in [5.74, 6) is -0.112. The molecule has 1 atom stereocenters. The maximum atomic E-state index is 12.0. The van der Waals surface area contributed by atoms with Crippen LogP contribution in [0.1, 0.15) is 6.92 Å². The number of rotatable bonds is 4. The number of nitrogens with one attached hydrogen (secondary N) is 1. The molecule has 0 spiro atoms. The number of nitrogens with zero attached hydrogens (tertiary/aromatic N) is 2. The molecule has 128 valence electrons. The lowest BCUT2D eigenvalue weighted by molar-refractivity contribution is -0.134. The van der Waals surface area contributed by atoms with Crippen LogP contribution in [0.3, 0.4) is 0 Å². The van der Waals surface area contributed by atoms with Crippen molar-refractivity contribution in [1.82, 2.24) is 9.80 Å². The number of carbonyl (C=O) groups is 2. The fourth-order valence-electron chi connectivity index (χ4n) is 2.35. The highest BCUT2D eigenvalue weighted by Gasteiger charge is 2.23. The molecule has 1 saturated heterocycles. The summed E-state index contributed by atoms with van der Waals surface area (Å²) < 4.78 is 0. The van der Waals surface area contributed by atoms with E-state index in [1.165, 1.54) is 0 Å². The fraction of sp³-hybridized carbons (Fsp3) is 0.467. The predicted octanol–water partition coefficient (Wildman–Crippen LogP) is 1.19. The molecule has 1 aliphatic rings. The second-order valence-corrected chi connectivity index (χ2v) is 5.88. The van der Waals surface area contributed by atoms with Crippen LogP contribution in [0.4, 0.5) is 5.69 Å². The maximum Gasteiger partial charge on any atom is 0.239 e. The highest BCUT2D eigenvalue weighted by atomic mass is 35.5. The molecular weight excluding hydrogens is 339 g/mol. The first-order valence-corrected chi connectivity index (χ1v) is 7.65. The third kappa shape index (κ3) is 5.99. The summed E-state index contributed by atoms with van der Waals surface area (Å²) in [4.78, 5) is 27.6. The highest BCUT2D eigenvalue weighted by molar-refractivity contribution is 6.30. The number of halogens is 2. The Labute approximate surface area is 147 Å². The summed E-state index contributed by atoms with van der Waals surface area (Å²) in [6, 6.07) is 6.52. The minimum absolute atomic E-state index is 0. The van der Waals surface area contributed by atoms with E-state index >= 15 is 0 Å². The average molecular weight is 361 g/mol. The number of hydrogen-bond donors (Lipinski definition) is 2. The Morgan fingerprint density at radius 1 is 1.22 bits per heavy atom. The van der Waals surface area contributed by atoms with Gasteiger partial charge in [0.05, 0.1) is 12.6 Å². The molecule has 8 heteroatoms. The Kier molecular flexibility index (Phi) is 7.78. The zero-order valence-corrected chi connectivity index (χ0v) is 14.6. The summed E-state index contributed by atoms with van der Waals surface area (Å²) in [6.07, 6.45) is 0. The third-order valence-corrected chi connectivity index (χ3v) is 3.82. The number of hydrogen-bond acceptors (Lipinski definition) is 4. The molecule has 1 aromatic rings. The van der Waals surface area contributed by atoms with Gasteiger partial charge in [0.15, 0.2) is 0 Å². The molecule has 2 amide bonds. The SMILES string of the molecule is CC(N)C(=O)N1CCN(CC(=O)Nc2ccc(Cl)cc2)CC1.Cl. The summed E-state index contributed by atoms with van der Waals surface area (Å²) >= 11 is 5.80. The molecule has 2 rings (SSSR count). The molecule has 1 unspecified atom stereocenters. The van der Waals surface area contributed by atoms with Crippen LogP contribution < -0.4 is 11.1 Å². The van der Waals surface area contributed by atoms with Crippen molar-refractivity contribution >= 4 is 41.5 Å². The van der Waals surface area contributed by atoms with Crippen LogP contribution >= 0.6 is 24.0 Å². The van der Waals surface area contributed by atoms with E-state index in [1.807, 2.05) is 4.90 Å². The van der Waals surface area contributed by atoms with Crippen LogP contribution in [-0.4, -0.2) is 60.4 Å². The molecule has 0 bridgehead atoms. The van der Waals surface area contributed by atoms with Gasteiger partial charge in [0.1, 0.15) is 0 Å². The number of anilines is 1. The van der Waals surface area contributed by atoms with Crippen molar-refractivity contribution < 1.29 is 9.59 Å². The lowest BCUT2D eigenvalue weighted by Crippen LogP contribution is -2.53. The first-order valence-electron chi connectivity index (χ1n) is 7.28. The second-order valence-electron chi connectivity index (χ2n) is 5.45. The van der Waals surface area contributed by atoms with Crippen LogP contribution in [0, 0.1) is 0 Å². The van der Waals surface area contributed by atoms with Gasteiger partial charge in [-0.1, -0.05) is 11.6 Å². The lowest BCUT2D eigenvalue weighted by Gasteiger charge is -2.35. The van der Waals surface area contributed by atoms with Gasteiger partial charge in [-0.3, -0.25) is 14.5 Å². The summed E-state index contributed by atoms with van der Waals surface area (Å²) in [7, 11) is 0. The van der Waals surface area contributed by atoms with Crippen LogP contribution in [0.15, 0.2) is 24.3 Å². The quantitative estimate of drug-likeness (QED) is 0.845. The van der Waals surface area contributed by atoms with Crippen molar-refractivity contribution in [2.24, 2.45) is 5.73 Å². The molecule has 3 N–H and O–H groups in total. The van der Waals surface area contributed by atoms with E-state index in [1.54, 1.807) is 36.1 Å². The lowest BCUT2D eigenvalue weighted by atomic mass is 10.2. The van der Waals surface area contributed by atoms with E-state index in [0.29, 0.717) is 37.7 Å². The van der Waals surface area contributed by atoms with Gasteiger partial charge in [0.25, 0.3) is 0 Å². The topological polar surface area (TPSA) is 78.7 Å². The molecule has 0 radical (unpaired) electrons. The van der Waals surface area contributed by atoms with Crippen LogP contribution in [0.25, 0.3) is 0 Å². The molecule has 0 saturated carbocycles. The summed E-state index contributed by atoms with van der Waals surface area (Å²) in [5, 5.41) is 3.46. The molecule has 0 aliphatic carbocycles. The van der Waals surface area contributed by atoms with E-state index in [9.17, 15) is 9.59 Å². The van der Waals surface area contributed by atoms with Gasteiger partial charge < -0.3 is 16.0 Å². The Hall–Kier alpha value is -1.34. The number of benzene rings is 1. The predicted molar refractivity (Wildman–Crippen MR) is 94.0 cm³/mol. The van der Waals surface area contributed by atoms with Gasteiger partial charge in [-0.2, -0.15) is 0 Å². The van der Waals surface area contributed by atoms with Crippen LogP contribution in [0.2, 0.25) is 5.02 Å². The third-order valence-electron chi connectivity index (χ3n) is 3.57. The molecule has 0 aromatic heterocycles. The van der Waals surface area contributed by atoms with Crippen molar-refractivity contribution in [3.63, 3.8) is 0 Å². The summed E-state index contributed by atoms with van der Waals surface area (Å²) in [5.41, 5.74) is 6.32. The Morgan fingerprint density at radius 2 is 1.78 bits per heavy atom. The van der Waals surface area contributed by atoms with Crippen molar-refractivity contribution in [1.29, 1.82) is 0 Å². The van der Waals surface area contributed by atoms with Gasteiger partial charge >= 0.3 is 0 Å². The number of nitrogens with two attached hydrogens (primary N) is 1. The fourth-order valence-corrected chi connectivity index (χ4v) is 2.48.